The van der Waals surface area contributed by atoms with Crippen molar-refractivity contribution in [2.75, 3.05) is 13.1 Å². The van der Waals surface area contributed by atoms with E-state index in [-0.39, 0.29) is 24.8 Å². The summed E-state index contributed by atoms with van der Waals surface area (Å²) in [5.41, 5.74) is 2.08. The van der Waals surface area contributed by atoms with Gasteiger partial charge in [-0.3, -0.25) is 9.69 Å². The first-order chi connectivity index (χ1) is 11.5. The van der Waals surface area contributed by atoms with Crippen LogP contribution >= 0.6 is 0 Å². The van der Waals surface area contributed by atoms with Gasteiger partial charge >= 0.3 is 0 Å². The second-order valence-electron chi connectivity index (χ2n) is 7.42. The second-order valence-corrected chi connectivity index (χ2v) is 7.42. The Kier molecular flexibility index (Phi) is 4.06. The number of fused-ring (bicyclic) bond motifs is 1. The predicted molar refractivity (Wildman–Crippen MR) is 82.6 cm³/mol. The maximum atomic E-state index is 12.9. The highest BCUT2D eigenvalue weighted by molar-refractivity contribution is 5.80. The molecule has 1 aliphatic heterocycles. The lowest BCUT2D eigenvalue weighted by molar-refractivity contribution is -0.150. The van der Waals surface area contributed by atoms with Gasteiger partial charge in [0.25, 0.3) is 0 Å². The van der Waals surface area contributed by atoms with Gasteiger partial charge in [0.15, 0.2) is 0 Å². The highest BCUT2D eigenvalue weighted by Gasteiger charge is 2.49. The van der Waals surface area contributed by atoms with Crippen LogP contribution in [-0.4, -0.2) is 41.0 Å². The SMILES string of the molecule is O=C(NC1CCc2onc(CN3CCCC3)c2C1)C1CC(F)(F)C1. The third-order valence-corrected chi connectivity index (χ3v) is 5.50. The number of aromatic nitrogens is 1. The molecule has 0 spiro atoms. The fourth-order valence-corrected chi connectivity index (χ4v) is 4.03. The molecule has 3 aliphatic rings. The summed E-state index contributed by atoms with van der Waals surface area (Å²) in [4.78, 5) is 14.5. The van der Waals surface area contributed by atoms with Gasteiger partial charge in [0.05, 0.1) is 0 Å². The number of hydrogen-bond donors (Lipinski definition) is 1. The number of nitrogens with zero attached hydrogens (tertiary/aromatic N) is 2. The molecule has 7 heteroatoms. The van der Waals surface area contributed by atoms with Crippen molar-refractivity contribution in [1.82, 2.24) is 15.4 Å². The van der Waals surface area contributed by atoms with Gasteiger partial charge in [0.2, 0.25) is 11.8 Å². The largest absolute Gasteiger partial charge is 0.361 e. The summed E-state index contributed by atoms with van der Waals surface area (Å²) < 4.78 is 31.3. The van der Waals surface area contributed by atoms with E-state index in [1.165, 1.54) is 12.8 Å². The highest BCUT2D eigenvalue weighted by atomic mass is 19.3. The third kappa shape index (κ3) is 3.18. The molecule has 1 atom stereocenters. The normalized spacial score (nSPS) is 26.8. The molecule has 1 saturated heterocycles. The van der Waals surface area contributed by atoms with Crippen LogP contribution in [0.25, 0.3) is 0 Å². The molecule has 1 N–H and O–H groups in total. The molecule has 24 heavy (non-hydrogen) atoms. The van der Waals surface area contributed by atoms with Crippen molar-refractivity contribution in [2.45, 2.75) is 63.5 Å². The lowest BCUT2D eigenvalue weighted by atomic mass is 9.80. The average molecular weight is 339 g/mol. The molecule has 1 aromatic rings. The number of rotatable bonds is 4. The van der Waals surface area contributed by atoms with E-state index in [0.717, 1.165) is 49.5 Å². The first kappa shape index (κ1) is 16.0. The number of nitrogens with one attached hydrogen (secondary N) is 1. The number of amides is 1. The Bertz CT molecular complexity index is 617. The van der Waals surface area contributed by atoms with Crippen LogP contribution in [0.5, 0.6) is 0 Å². The summed E-state index contributed by atoms with van der Waals surface area (Å²) in [5.74, 6) is -2.50. The van der Waals surface area contributed by atoms with Gasteiger partial charge in [0, 0.05) is 43.3 Å². The summed E-state index contributed by atoms with van der Waals surface area (Å²) in [7, 11) is 0. The molecule has 0 radical (unpaired) electrons. The molecule has 1 aromatic heterocycles. The maximum absolute atomic E-state index is 12.9. The number of likely N-dealkylation sites (tertiary alicyclic amines) is 1. The highest BCUT2D eigenvalue weighted by Crippen LogP contribution is 2.42. The fourth-order valence-electron chi connectivity index (χ4n) is 4.03. The molecule has 0 aromatic carbocycles. The summed E-state index contributed by atoms with van der Waals surface area (Å²) in [6.07, 6.45) is 4.04. The standard InChI is InChI=1S/C17H23F2N3O2/c18-17(19)8-11(9-17)16(23)20-12-3-4-15-13(7-12)14(21-24-15)10-22-5-1-2-6-22/h11-12H,1-10H2,(H,20,23). The minimum atomic E-state index is -2.65. The minimum absolute atomic E-state index is 0.00375. The van der Waals surface area contributed by atoms with Crippen molar-refractivity contribution < 1.29 is 18.1 Å². The lowest BCUT2D eigenvalue weighted by Gasteiger charge is -2.35. The van der Waals surface area contributed by atoms with Crippen LogP contribution in [0.4, 0.5) is 8.78 Å². The Morgan fingerprint density at radius 3 is 2.79 bits per heavy atom. The summed E-state index contributed by atoms with van der Waals surface area (Å²) in [6.45, 7) is 2.99. The topological polar surface area (TPSA) is 58.4 Å². The molecule has 0 bridgehead atoms. The van der Waals surface area contributed by atoms with Gasteiger partial charge in [0.1, 0.15) is 11.5 Å². The van der Waals surface area contributed by atoms with Crippen LogP contribution in [-0.2, 0) is 24.2 Å². The van der Waals surface area contributed by atoms with E-state index in [2.05, 4.69) is 15.4 Å². The molecular weight excluding hydrogens is 316 g/mol. The number of aryl methyl sites for hydroxylation is 1. The lowest BCUT2D eigenvalue weighted by Crippen LogP contribution is -2.49. The zero-order valence-corrected chi connectivity index (χ0v) is 13.7. The van der Waals surface area contributed by atoms with Crippen molar-refractivity contribution in [3.8, 4) is 0 Å². The Hall–Kier alpha value is -1.50. The van der Waals surface area contributed by atoms with Crippen molar-refractivity contribution >= 4 is 5.91 Å². The molecule has 132 valence electrons. The number of halogens is 2. The van der Waals surface area contributed by atoms with E-state index in [1.54, 1.807) is 0 Å². The van der Waals surface area contributed by atoms with Crippen molar-refractivity contribution in [2.24, 2.45) is 5.92 Å². The molecule has 1 saturated carbocycles. The zero-order valence-electron chi connectivity index (χ0n) is 13.7. The van der Waals surface area contributed by atoms with Crippen molar-refractivity contribution in [3.05, 3.63) is 17.0 Å². The number of hydrogen-bond acceptors (Lipinski definition) is 4. The fraction of sp³-hybridized carbons (Fsp3) is 0.765. The van der Waals surface area contributed by atoms with Gasteiger partial charge in [-0.05, 0) is 38.8 Å². The number of alkyl halides is 2. The predicted octanol–water partition coefficient (Wildman–Crippen LogP) is 2.29. The third-order valence-electron chi connectivity index (χ3n) is 5.50. The molecule has 2 heterocycles. The smallest absolute Gasteiger partial charge is 0.249 e. The van der Waals surface area contributed by atoms with Gasteiger partial charge in [-0.2, -0.15) is 0 Å². The molecule has 2 aliphatic carbocycles. The summed E-state index contributed by atoms with van der Waals surface area (Å²) >= 11 is 0. The molecule has 1 unspecified atom stereocenters. The Labute approximate surface area is 139 Å². The first-order valence-corrected chi connectivity index (χ1v) is 8.87. The van der Waals surface area contributed by atoms with Crippen LogP contribution in [0, 0.1) is 5.92 Å². The van der Waals surface area contributed by atoms with E-state index in [1.807, 2.05) is 0 Å². The average Bonchev–Trinajstić information content (AvgIpc) is 3.15. The Morgan fingerprint density at radius 1 is 1.33 bits per heavy atom. The van der Waals surface area contributed by atoms with E-state index in [4.69, 9.17) is 4.52 Å². The van der Waals surface area contributed by atoms with Crippen LogP contribution in [0.2, 0.25) is 0 Å². The molecular formula is C17H23F2N3O2. The van der Waals surface area contributed by atoms with E-state index >= 15 is 0 Å². The van der Waals surface area contributed by atoms with E-state index in [0.29, 0.717) is 6.42 Å². The summed E-state index contributed by atoms with van der Waals surface area (Å²) in [6, 6.07) is -0.00375. The maximum Gasteiger partial charge on any atom is 0.249 e. The van der Waals surface area contributed by atoms with E-state index in [9.17, 15) is 13.6 Å². The van der Waals surface area contributed by atoms with E-state index < -0.39 is 11.8 Å². The monoisotopic (exact) mass is 339 g/mol. The number of carbonyl (C=O) groups is 1. The second kappa shape index (κ2) is 6.10. The molecule has 4 rings (SSSR count). The molecule has 2 fully saturated rings. The van der Waals surface area contributed by atoms with Crippen LogP contribution in [0.1, 0.15) is 49.1 Å². The first-order valence-electron chi connectivity index (χ1n) is 8.87. The van der Waals surface area contributed by atoms with Crippen LogP contribution in [0.3, 0.4) is 0 Å². The Morgan fingerprint density at radius 2 is 2.08 bits per heavy atom. The molecule has 1 amide bonds. The summed E-state index contributed by atoms with van der Waals surface area (Å²) in [5, 5.41) is 7.18. The molecule has 5 nitrogen and oxygen atoms in total. The number of carbonyl (C=O) groups excluding carboxylic acids is 1. The quantitative estimate of drug-likeness (QED) is 0.914. The van der Waals surface area contributed by atoms with Gasteiger partial charge < -0.3 is 9.84 Å². The van der Waals surface area contributed by atoms with Crippen LogP contribution < -0.4 is 5.32 Å². The van der Waals surface area contributed by atoms with Crippen LogP contribution in [0.15, 0.2) is 4.52 Å². The van der Waals surface area contributed by atoms with Crippen molar-refractivity contribution in [1.29, 1.82) is 0 Å². The van der Waals surface area contributed by atoms with Crippen molar-refractivity contribution in [3.63, 3.8) is 0 Å². The zero-order chi connectivity index (χ0) is 16.7. The Balaban J connectivity index is 1.36. The van der Waals surface area contributed by atoms with Gasteiger partial charge in [-0.1, -0.05) is 5.16 Å². The van der Waals surface area contributed by atoms with Gasteiger partial charge in [-0.15, -0.1) is 0 Å². The van der Waals surface area contributed by atoms with Gasteiger partial charge in [-0.25, -0.2) is 8.78 Å². The minimum Gasteiger partial charge on any atom is -0.361 e.